The van der Waals surface area contributed by atoms with Crippen molar-refractivity contribution in [3.63, 3.8) is 0 Å². The van der Waals surface area contributed by atoms with E-state index in [9.17, 15) is 8.42 Å². The molecule has 1 saturated heterocycles. The van der Waals surface area contributed by atoms with Crippen molar-refractivity contribution < 1.29 is 8.42 Å². The Morgan fingerprint density at radius 1 is 1.23 bits per heavy atom. The summed E-state index contributed by atoms with van der Waals surface area (Å²) in [4.78, 5) is 7.31. The van der Waals surface area contributed by atoms with Gasteiger partial charge in [-0.1, -0.05) is 18.2 Å². The molecule has 1 aliphatic heterocycles. The molecule has 0 amide bonds. The highest BCUT2D eigenvalue weighted by Crippen LogP contribution is 2.13. The van der Waals surface area contributed by atoms with Crippen molar-refractivity contribution in [2.24, 2.45) is 4.99 Å². The molecule has 1 aliphatic rings. The molecule has 0 atom stereocenters. The minimum absolute atomic E-state index is 0.0133. The summed E-state index contributed by atoms with van der Waals surface area (Å²) in [5.41, 5.74) is 0. The van der Waals surface area contributed by atoms with Crippen LogP contribution < -0.4 is 10.6 Å². The Morgan fingerprint density at radius 3 is 2.46 bits per heavy atom. The number of hydrogen-bond acceptors (Lipinski definition) is 4. The van der Waals surface area contributed by atoms with E-state index in [1.165, 1.54) is 0 Å². The Hall–Kier alpha value is -1.60. The number of sulfone groups is 1. The molecule has 146 valence electrons. The molecule has 1 fully saturated rings. The number of hydrogen-bond donors (Lipinski definition) is 2. The van der Waals surface area contributed by atoms with Crippen molar-refractivity contribution in [2.45, 2.75) is 50.6 Å². The van der Waals surface area contributed by atoms with Gasteiger partial charge in [-0.2, -0.15) is 0 Å². The predicted octanol–water partition coefficient (Wildman–Crippen LogP) is 1.89. The maximum Gasteiger partial charge on any atom is 0.191 e. The molecule has 0 saturated carbocycles. The summed E-state index contributed by atoms with van der Waals surface area (Å²) in [6.45, 7) is 9.63. The summed E-state index contributed by atoms with van der Waals surface area (Å²) in [5, 5.41) is 6.68. The van der Waals surface area contributed by atoms with Crippen LogP contribution in [0.15, 0.2) is 40.2 Å². The second-order valence-corrected chi connectivity index (χ2v) is 9.05. The maximum atomic E-state index is 12.3. The molecule has 0 aromatic heterocycles. The summed E-state index contributed by atoms with van der Waals surface area (Å²) < 4.78 is 24.7. The number of rotatable bonds is 7. The molecule has 0 bridgehead atoms. The van der Waals surface area contributed by atoms with E-state index in [4.69, 9.17) is 0 Å². The number of nitrogens with one attached hydrogen (secondary N) is 2. The normalized spacial score (nSPS) is 17.5. The lowest BCUT2D eigenvalue weighted by molar-refractivity contribution is 0.167. The van der Waals surface area contributed by atoms with Crippen molar-refractivity contribution in [1.82, 2.24) is 15.5 Å². The molecule has 0 aliphatic carbocycles. The fraction of sp³-hybridized carbons (Fsp3) is 0.632. The van der Waals surface area contributed by atoms with Gasteiger partial charge in [0.15, 0.2) is 15.8 Å². The minimum atomic E-state index is -3.29. The summed E-state index contributed by atoms with van der Waals surface area (Å²) in [7, 11) is -3.29. The van der Waals surface area contributed by atoms with Crippen molar-refractivity contribution >= 4 is 15.8 Å². The van der Waals surface area contributed by atoms with Crippen LogP contribution in [-0.4, -0.2) is 63.3 Å². The zero-order valence-electron chi connectivity index (χ0n) is 16.1. The third-order valence-electron chi connectivity index (χ3n) is 4.68. The molecular weight excluding hydrogens is 348 g/mol. The molecule has 26 heavy (non-hydrogen) atoms. The van der Waals surface area contributed by atoms with Gasteiger partial charge in [-0.25, -0.2) is 8.42 Å². The standard InChI is InChI=1S/C19H32N4O2S/c1-4-20-19(22-17-10-13-23(14-11-17)16(2)3)21-12-15-26(24,25)18-8-6-5-7-9-18/h5-9,16-17H,4,10-15H2,1-3H3,(H2,20,21,22). The van der Waals surface area contributed by atoms with E-state index in [-0.39, 0.29) is 12.3 Å². The lowest BCUT2D eigenvalue weighted by atomic mass is 10.0. The molecule has 6 nitrogen and oxygen atoms in total. The fourth-order valence-corrected chi connectivity index (χ4v) is 4.24. The third-order valence-corrected chi connectivity index (χ3v) is 6.39. The molecule has 7 heteroatoms. The van der Waals surface area contributed by atoms with Gasteiger partial charge < -0.3 is 15.5 Å². The van der Waals surface area contributed by atoms with Crippen LogP contribution in [0.3, 0.4) is 0 Å². The number of nitrogens with zero attached hydrogens (tertiary/aromatic N) is 2. The van der Waals surface area contributed by atoms with Crippen LogP contribution in [0.1, 0.15) is 33.6 Å². The van der Waals surface area contributed by atoms with Gasteiger partial charge in [-0.15, -0.1) is 0 Å². The molecule has 1 aromatic carbocycles. The SMILES string of the molecule is CCNC(=NCCS(=O)(=O)c1ccccc1)NC1CCN(C(C)C)CC1. The van der Waals surface area contributed by atoms with Crippen LogP contribution in [0, 0.1) is 0 Å². The largest absolute Gasteiger partial charge is 0.357 e. The average Bonchev–Trinajstić information content (AvgIpc) is 2.63. The highest BCUT2D eigenvalue weighted by Gasteiger charge is 2.21. The quantitative estimate of drug-likeness (QED) is 0.558. The van der Waals surface area contributed by atoms with Gasteiger partial charge >= 0.3 is 0 Å². The van der Waals surface area contributed by atoms with E-state index in [0.717, 1.165) is 32.5 Å². The van der Waals surface area contributed by atoms with Crippen LogP contribution in [0.2, 0.25) is 0 Å². The van der Waals surface area contributed by atoms with E-state index >= 15 is 0 Å². The summed E-state index contributed by atoms with van der Waals surface area (Å²) in [6.07, 6.45) is 2.15. The number of piperidine rings is 1. The van der Waals surface area contributed by atoms with Gasteiger partial charge in [0, 0.05) is 31.7 Å². The molecular formula is C19H32N4O2S. The number of aliphatic imine (C=N–C) groups is 1. The van der Waals surface area contributed by atoms with E-state index in [2.05, 4.69) is 34.4 Å². The Labute approximate surface area is 158 Å². The van der Waals surface area contributed by atoms with E-state index in [1.54, 1.807) is 24.3 Å². The van der Waals surface area contributed by atoms with Gasteiger partial charge in [0.2, 0.25) is 0 Å². The lowest BCUT2D eigenvalue weighted by Gasteiger charge is -2.35. The third kappa shape index (κ3) is 6.29. The van der Waals surface area contributed by atoms with Crippen molar-refractivity contribution in [2.75, 3.05) is 31.9 Å². The zero-order valence-corrected chi connectivity index (χ0v) is 16.9. The second-order valence-electron chi connectivity index (χ2n) is 6.94. The minimum Gasteiger partial charge on any atom is -0.357 e. The van der Waals surface area contributed by atoms with Gasteiger partial charge in [0.05, 0.1) is 17.2 Å². The number of benzene rings is 1. The number of likely N-dealkylation sites (tertiary alicyclic amines) is 1. The fourth-order valence-electron chi connectivity index (χ4n) is 3.10. The van der Waals surface area contributed by atoms with Gasteiger partial charge in [-0.05, 0) is 45.7 Å². The molecule has 1 heterocycles. The van der Waals surface area contributed by atoms with E-state index in [0.29, 0.717) is 22.9 Å². The Balaban J connectivity index is 1.89. The van der Waals surface area contributed by atoms with E-state index < -0.39 is 9.84 Å². The van der Waals surface area contributed by atoms with Crippen LogP contribution in [-0.2, 0) is 9.84 Å². The summed E-state index contributed by atoms with van der Waals surface area (Å²) >= 11 is 0. The first-order valence-corrected chi connectivity index (χ1v) is 11.1. The zero-order chi connectivity index (χ0) is 19.0. The Bertz CT molecular complexity index is 666. The molecule has 0 radical (unpaired) electrons. The molecule has 2 rings (SSSR count). The first kappa shape index (κ1) is 20.7. The van der Waals surface area contributed by atoms with Crippen LogP contribution >= 0.6 is 0 Å². The average molecular weight is 381 g/mol. The van der Waals surface area contributed by atoms with Crippen molar-refractivity contribution in [3.8, 4) is 0 Å². The smallest absolute Gasteiger partial charge is 0.191 e. The molecule has 0 spiro atoms. The second kappa shape index (κ2) is 9.92. The predicted molar refractivity (Wildman–Crippen MR) is 107 cm³/mol. The van der Waals surface area contributed by atoms with E-state index in [1.807, 2.05) is 13.0 Å². The first-order chi connectivity index (χ1) is 12.4. The van der Waals surface area contributed by atoms with Gasteiger partial charge in [-0.3, -0.25) is 4.99 Å². The highest BCUT2D eigenvalue weighted by atomic mass is 32.2. The first-order valence-electron chi connectivity index (χ1n) is 9.49. The van der Waals surface area contributed by atoms with Gasteiger partial charge in [0.1, 0.15) is 0 Å². The van der Waals surface area contributed by atoms with Crippen molar-refractivity contribution in [1.29, 1.82) is 0 Å². The monoisotopic (exact) mass is 380 g/mol. The summed E-state index contributed by atoms with van der Waals surface area (Å²) in [5.74, 6) is 0.720. The molecule has 2 N–H and O–H groups in total. The maximum absolute atomic E-state index is 12.3. The number of guanidine groups is 1. The summed E-state index contributed by atoms with van der Waals surface area (Å²) in [6, 6.07) is 9.52. The van der Waals surface area contributed by atoms with Crippen LogP contribution in [0.4, 0.5) is 0 Å². The topological polar surface area (TPSA) is 73.8 Å². The highest BCUT2D eigenvalue weighted by molar-refractivity contribution is 7.91. The van der Waals surface area contributed by atoms with Crippen molar-refractivity contribution in [3.05, 3.63) is 30.3 Å². The molecule has 1 aromatic rings. The van der Waals surface area contributed by atoms with Crippen LogP contribution in [0.25, 0.3) is 0 Å². The Morgan fingerprint density at radius 2 is 1.88 bits per heavy atom. The lowest BCUT2D eigenvalue weighted by Crippen LogP contribution is -2.50. The molecule has 0 unspecified atom stereocenters. The Kier molecular flexibility index (Phi) is 7.90. The van der Waals surface area contributed by atoms with Gasteiger partial charge in [0.25, 0.3) is 0 Å². The van der Waals surface area contributed by atoms with Crippen LogP contribution in [0.5, 0.6) is 0 Å².